The zero-order valence-electron chi connectivity index (χ0n) is 12.6. The van der Waals surface area contributed by atoms with Crippen LogP contribution in [0, 0.1) is 6.92 Å². The summed E-state index contributed by atoms with van der Waals surface area (Å²) >= 11 is 5.93. The van der Waals surface area contributed by atoms with Gasteiger partial charge in [0.2, 0.25) is 0 Å². The molecule has 1 aliphatic heterocycles. The molecule has 1 aliphatic rings. The lowest BCUT2D eigenvalue weighted by atomic mass is 9.97. The van der Waals surface area contributed by atoms with E-state index in [1.807, 2.05) is 0 Å². The van der Waals surface area contributed by atoms with E-state index in [0.717, 1.165) is 13.1 Å². The second kappa shape index (κ2) is 4.99. The fourth-order valence-electron chi connectivity index (χ4n) is 3.00. The maximum atomic E-state index is 6.13. The van der Waals surface area contributed by atoms with Crippen molar-refractivity contribution >= 4 is 17.3 Å². The molecule has 3 heteroatoms. The van der Waals surface area contributed by atoms with Gasteiger partial charge in [-0.05, 0) is 57.9 Å². The Bertz CT molecular complexity index is 452. The number of anilines is 1. The Kier molecular flexibility index (Phi) is 3.85. The molecule has 0 N–H and O–H groups in total. The van der Waals surface area contributed by atoms with E-state index < -0.39 is 0 Å². The molecule has 106 valence electrons. The summed E-state index contributed by atoms with van der Waals surface area (Å²) in [4.78, 5) is 2.41. The summed E-state index contributed by atoms with van der Waals surface area (Å²) in [5.41, 5.74) is 3.48. The number of hydrogen-bond donors (Lipinski definition) is 0. The van der Waals surface area contributed by atoms with E-state index in [2.05, 4.69) is 57.7 Å². The molecule has 0 spiro atoms. The van der Waals surface area contributed by atoms with E-state index in [-0.39, 0.29) is 11.2 Å². The van der Waals surface area contributed by atoms with Gasteiger partial charge < -0.3 is 9.64 Å². The SMILES string of the molecule is Cc1cc(N2CC(C)(C)OC(C)(C)C2)ccc1CCl. The lowest BCUT2D eigenvalue weighted by molar-refractivity contribution is -0.133. The van der Waals surface area contributed by atoms with Crippen LogP contribution in [0.2, 0.25) is 0 Å². The van der Waals surface area contributed by atoms with Gasteiger partial charge >= 0.3 is 0 Å². The van der Waals surface area contributed by atoms with E-state index in [1.165, 1.54) is 16.8 Å². The highest BCUT2D eigenvalue weighted by molar-refractivity contribution is 6.17. The van der Waals surface area contributed by atoms with Gasteiger partial charge in [0.1, 0.15) is 0 Å². The van der Waals surface area contributed by atoms with Crippen molar-refractivity contribution in [3.63, 3.8) is 0 Å². The van der Waals surface area contributed by atoms with E-state index in [9.17, 15) is 0 Å². The van der Waals surface area contributed by atoms with Gasteiger partial charge in [0, 0.05) is 24.7 Å². The first-order valence-electron chi connectivity index (χ1n) is 6.83. The average Bonchev–Trinajstić information content (AvgIpc) is 2.24. The fraction of sp³-hybridized carbons (Fsp3) is 0.625. The first-order valence-corrected chi connectivity index (χ1v) is 7.36. The van der Waals surface area contributed by atoms with E-state index in [0.29, 0.717) is 5.88 Å². The highest BCUT2D eigenvalue weighted by Gasteiger charge is 2.38. The number of benzene rings is 1. The Hall–Kier alpha value is -0.730. The molecular formula is C16H24ClNO. The molecule has 1 fully saturated rings. The highest BCUT2D eigenvalue weighted by atomic mass is 35.5. The Balaban J connectivity index is 2.28. The molecule has 0 atom stereocenters. The number of alkyl halides is 1. The molecule has 1 saturated heterocycles. The molecule has 2 rings (SSSR count). The summed E-state index contributed by atoms with van der Waals surface area (Å²) in [5.74, 6) is 0.576. The van der Waals surface area contributed by atoms with Crippen LogP contribution in [0.5, 0.6) is 0 Å². The molecule has 0 unspecified atom stereocenters. The molecule has 0 saturated carbocycles. The molecule has 0 aliphatic carbocycles. The van der Waals surface area contributed by atoms with Crippen LogP contribution in [0.25, 0.3) is 0 Å². The number of hydrogen-bond acceptors (Lipinski definition) is 2. The number of aryl methyl sites for hydroxylation is 1. The quantitative estimate of drug-likeness (QED) is 0.756. The van der Waals surface area contributed by atoms with Gasteiger partial charge in [-0.25, -0.2) is 0 Å². The van der Waals surface area contributed by atoms with Gasteiger partial charge in [0.05, 0.1) is 11.2 Å². The minimum absolute atomic E-state index is 0.124. The summed E-state index contributed by atoms with van der Waals surface area (Å²) in [6, 6.07) is 6.53. The van der Waals surface area contributed by atoms with Crippen LogP contribution in [0.4, 0.5) is 5.69 Å². The first kappa shape index (κ1) is 14.7. The molecule has 1 aromatic rings. The lowest BCUT2D eigenvalue weighted by Gasteiger charge is -2.48. The number of morpholine rings is 1. The second-order valence-corrected chi connectivity index (χ2v) is 6.99. The van der Waals surface area contributed by atoms with Crippen molar-refractivity contribution in [1.82, 2.24) is 0 Å². The van der Waals surface area contributed by atoms with Crippen LogP contribution in [0.3, 0.4) is 0 Å². The third-order valence-corrected chi connectivity index (χ3v) is 3.82. The average molecular weight is 282 g/mol. The van der Waals surface area contributed by atoms with E-state index >= 15 is 0 Å². The van der Waals surface area contributed by atoms with Crippen molar-refractivity contribution in [2.24, 2.45) is 0 Å². The van der Waals surface area contributed by atoms with Crippen molar-refractivity contribution in [3.8, 4) is 0 Å². The van der Waals surface area contributed by atoms with Crippen molar-refractivity contribution < 1.29 is 4.74 Å². The lowest BCUT2D eigenvalue weighted by Crippen LogP contribution is -2.57. The van der Waals surface area contributed by atoms with Gasteiger partial charge in [0.25, 0.3) is 0 Å². The maximum absolute atomic E-state index is 6.13. The minimum Gasteiger partial charge on any atom is -0.366 e. The van der Waals surface area contributed by atoms with E-state index in [4.69, 9.17) is 16.3 Å². The van der Waals surface area contributed by atoms with Gasteiger partial charge in [-0.2, -0.15) is 0 Å². The zero-order chi connectivity index (χ0) is 14.3. The van der Waals surface area contributed by atoms with Crippen LogP contribution in [0.1, 0.15) is 38.8 Å². The number of ether oxygens (including phenoxy) is 1. The molecule has 0 aromatic heterocycles. The second-order valence-electron chi connectivity index (χ2n) is 6.72. The van der Waals surface area contributed by atoms with E-state index in [1.54, 1.807) is 0 Å². The summed E-state index contributed by atoms with van der Waals surface area (Å²) in [5, 5.41) is 0. The summed E-state index contributed by atoms with van der Waals surface area (Å²) in [6.45, 7) is 12.6. The molecule has 1 aromatic carbocycles. The Morgan fingerprint density at radius 2 is 1.74 bits per heavy atom. The molecule has 2 nitrogen and oxygen atoms in total. The maximum Gasteiger partial charge on any atom is 0.0808 e. The summed E-state index contributed by atoms with van der Waals surface area (Å²) < 4.78 is 6.13. The summed E-state index contributed by atoms with van der Waals surface area (Å²) in [6.07, 6.45) is 0. The summed E-state index contributed by atoms with van der Waals surface area (Å²) in [7, 11) is 0. The molecule has 19 heavy (non-hydrogen) atoms. The predicted octanol–water partition coefficient (Wildman–Crippen LogP) is 4.13. The normalized spacial score (nSPS) is 21.5. The number of nitrogens with zero attached hydrogens (tertiary/aromatic N) is 1. The molecule has 0 bridgehead atoms. The first-order chi connectivity index (χ1) is 8.72. The number of halogens is 1. The van der Waals surface area contributed by atoms with Gasteiger partial charge in [-0.15, -0.1) is 11.6 Å². The smallest absolute Gasteiger partial charge is 0.0808 e. The number of rotatable bonds is 2. The topological polar surface area (TPSA) is 12.5 Å². The molecule has 0 radical (unpaired) electrons. The van der Waals surface area contributed by atoms with Crippen molar-refractivity contribution in [2.45, 2.75) is 51.7 Å². The van der Waals surface area contributed by atoms with Crippen LogP contribution < -0.4 is 4.90 Å². The predicted molar refractivity (Wildman–Crippen MR) is 82.2 cm³/mol. The van der Waals surface area contributed by atoms with Crippen molar-refractivity contribution in [2.75, 3.05) is 18.0 Å². The van der Waals surface area contributed by atoms with Gasteiger partial charge in [-0.1, -0.05) is 6.07 Å². The third kappa shape index (κ3) is 3.43. The van der Waals surface area contributed by atoms with Gasteiger partial charge in [-0.3, -0.25) is 0 Å². The molecular weight excluding hydrogens is 258 g/mol. The third-order valence-electron chi connectivity index (χ3n) is 3.53. The minimum atomic E-state index is -0.124. The van der Waals surface area contributed by atoms with Crippen molar-refractivity contribution in [3.05, 3.63) is 29.3 Å². The Labute approximate surface area is 121 Å². The standard InChI is InChI=1S/C16H24ClNO/c1-12-8-14(7-6-13(12)9-17)18-10-15(2,3)19-16(4,5)11-18/h6-8H,9-11H2,1-5H3. The highest BCUT2D eigenvalue weighted by Crippen LogP contribution is 2.32. The van der Waals surface area contributed by atoms with Crippen LogP contribution in [-0.2, 0) is 10.6 Å². The zero-order valence-corrected chi connectivity index (χ0v) is 13.3. The molecule has 0 amide bonds. The van der Waals surface area contributed by atoms with Crippen molar-refractivity contribution in [1.29, 1.82) is 0 Å². The van der Waals surface area contributed by atoms with Crippen LogP contribution in [-0.4, -0.2) is 24.3 Å². The monoisotopic (exact) mass is 281 g/mol. The largest absolute Gasteiger partial charge is 0.366 e. The Morgan fingerprint density at radius 3 is 2.21 bits per heavy atom. The van der Waals surface area contributed by atoms with Gasteiger partial charge in [0.15, 0.2) is 0 Å². The molecule has 1 heterocycles. The van der Waals surface area contributed by atoms with Crippen LogP contribution in [0.15, 0.2) is 18.2 Å². The van der Waals surface area contributed by atoms with Crippen LogP contribution >= 0.6 is 11.6 Å². The fourth-order valence-corrected chi connectivity index (χ4v) is 3.30. The Morgan fingerprint density at radius 1 is 1.16 bits per heavy atom.